The van der Waals surface area contributed by atoms with Gasteiger partial charge in [-0.1, -0.05) is 27.7 Å². The Labute approximate surface area is 200 Å². The standard InChI is InChI=1S/C16H24N2O.C9H16O2.C2H4O/c1-4-12(2)16(19)15-6-5-14(11-13(15)3)18-9-7-17-8-10-18;1-4-9(11)6-5-7(2)8(3)10;1-2-3/h5-6,11-12,17H,4,7-10H2,1-3H3;7H,4-6H2,1-3H3;2H,1H3. The lowest BCUT2D eigenvalue weighted by Crippen LogP contribution is -2.43. The molecule has 0 saturated carbocycles. The average molecular weight is 461 g/mol. The number of ketones is 3. The number of benzene rings is 1. The molecule has 0 spiro atoms. The van der Waals surface area contributed by atoms with E-state index in [0.29, 0.717) is 19.3 Å². The van der Waals surface area contributed by atoms with Gasteiger partial charge in [-0.15, -0.1) is 0 Å². The Bertz CT molecular complexity index is 754. The molecule has 0 bridgehead atoms. The van der Waals surface area contributed by atoms with Crippen LogP contribution >= 0.6 is 0 Å². The lowest BCUT2D eigenvalue weighted by molar-refractivity contribution is -0.121. The lowest BCUT2D eigenvalue weighted by Gasteiger charge is -2.30. The van der Waals surface area contributed by atoms with Gasteiger partial charge < -0.3 is 15.0 Å². The topological polar surface area (TPSA) is 83.5 Å². The van der Waals surface area contributed by atoms with Crippen molar-refractivity contribution >= 4 is 29.3 Å². The van der Waals surface area contributed by atoms with Gasteiger partial charge in [-0.25, -0.2) is 0 Å². The van der Waals surface area contributed by atoms with Crippen LogP contribution in [0.5, 0.6) is 0 Å². The molecule has 0 amide bonds. The molecule has 33 heavy (non-hydrogen) atoms. The van der Waals surface area contributed by atoms with Gasteiger partial charge in [0.15, 0.2) is 5.78 Å². The summed E-state index contributed by atoms with van der Waals surface area (Å²) in [5.74, 6) is 0.855. The predicted octanol–water partition coefficient (Wildman–Crippen LogP) is 4.81. The smallest absolute Gasteiger partial charge is 0.165 e. The molecule has 6 heteroatoms. The number of carbonyl (C=O) groups excluding carboxylic acids is 4. The number of Topliss-reactive ketones (excluding diaryl/α,β-unsaturated/α-hetero) is 3. The van der Waals surface area contributed by atoms with Crippen LogP contribution in [-0.2, 0) is 14.4 Å². The van der Waals surface area contributed by atoms with Gasteiger partial charge in [0.25, 0.3) is 0 Å². The highest BCUT2D eigenvalue weighted by molar-refractivity contribution is 5.99. The number of hydrogen-bond donors (Lipinski definition) is 1. The number of nitrogens with zero attached hydrogens (tertiary/aromatic N) is 1. The van der Waals surface area contributed by atoms with Gasteiger partial charge in [0, 0.05) is 62.1 Å². The van der Waals surface area contributed by atoms with Crippen LogP contribution in [0.25, 0.3) is 0 Å². The summed E-state index contributed by atoms with van der Waals surface area (Å²) in [6.07, 6.45) is 3.50. The first kappa shape index (κ1) is 30.7. The molecule has 1 aliphatic heterocycles. The molecule has 0 aliphatic carbocycles. The molecule has 1 aromatic carbocycles. The van der Waals surface area contributed by atoms with E-state index in [2.05, 4.69) is 29.3 Å². The van der Waals surface area contributed by atoms with Gasteiger partial charge in [0.1, 0.15) is 17.9 Å². The summed E-state index contributed by atoms with van der Waals surface area (Å²) < 4.78 is 0. The van der Waals surface area contributed by atoms with E-state index in [1.54, 1.807) is 6.92 Å². The van der Waals surface area contributed by atoms with Gasteiger partial charge >= 0.3 is 0 Å². The number of carbonyl (C=O) groups is 4. The summed E-state index contributed by atoms with van der Waals surface area (Å²) in [6.45, 7) is 17.0. The first-order chi connectivity index (χ1) is 15.6. The fraction of sp³-hybridized carbons (Fsp3) is 0.630. The van der Waals surface area contributed by atoms with Crippen molar-refractivity contribution in [2.24, 2.45) is 11.8 Å². The Morgan fingerprint density at radius 2 is 1.67 bits per heavy atom. The second kappa shape index (κ2) is 17.2. The third-order valence-corrected chi connectivity index (χ3v) is 5.96. The number of piperazine rings is 1. The zero-order valence-corrected chi connectivity index (χ0v) is 21.7. The van der Waals surface area contributed by atoms with E-state index in [9.17, 15) is 14.4 Å². The zero-order chi connectivity index (χ0) is 25.4. The molecule has 1 N–H and O–H groups in total. The van der Waals surface area contributed by atoms with Crippen molar-refractivity contribution in [1.29, 1.82) is 0 Å². The molecule has 1 saturated heterocycles. The quantitative estimate of drug-likeness (QED) is 0.421. The summed E-state index contributed by atoms with van der Waals surface area (Å²) in [6, 6.07) is 6.25. The van der Waals surface area contributed by atoms with Crippen molar-refractivity contribution in [2.75, 3.05) is 31.1 Å². The van der Waals surface area contributed by atoms with Crippen molar-refractivity contribution < 1.29 is 19.2 Å². The van der Waals surface area contributed by atoms with Crippen LogP contribution in [-0.4, -0.2) is 49.8 Å². The first-order valence-corrected chi connectivity index (χ1v) is 12.1. The maximum Gasteiger partial charge on any atom is 0.165 e. The van der Waals surface area contributed by atoms with Gasteiger partial charge in [-0.05, 0) is 57.4 Å². The Balaban J connectivity index is 0.000000624. The van der Waals surface area contributed by atoms with Crippen LogP contribution < -0.4 is 10.2 Å². The highest BCUT2D eigenvalue weighted by Gasteiger charge is 2.17. The van der Waals surface area contributed by atoms with E-state index < -0.39 is 0 Å². The molecule has 0 aromatic heterocycles. The minimum atomic E-state index is 0.0468. The predicted molar refractivity (Wildman–Crippen MR) is 136 cm³/mol. The number of anilines is 1. The Kier molecular flexibility index (Phi) is 16.0. The van der Waals surface area contributed by atoms with Crippen LogP contribution in [0.15, 0.2) is 18.2 Å². The summed E-state index contributed by atoms with van der Waals surface area (Å²) in [7, 11) is 0. The summed E-state index contributed by atoms with van der Waals surface area (Å²) in [4.78, 5) is 45.0. The molecule has 0 radical (unpaired) electrons. The lowest BCUT2D eigenvalue weighted by atomic mass is 9.94. The summed E-state index contributed by atoms with van der Waals surface area (Å²) in [5, 5.41) is 3.36. The van der Waals surface area contributed by atoms with E-state index in [-0.39, 0.29) is 29.2 Å². The van der Waals surface area contributed by atoms with Crippen LogP contribution in [0.3, 0.4) is 0 Å². The molecule has 1 aliphatic rings. The van der Waals surface area contributed by atoms with Crippen LogP contribution in [0.2, 0.25) is 0 Å². The van der Waals surface area contributed by atoms with Crippen LogP contribution in [0, 0.1) is 18.8 Å². The van der Waals surface area contributed by atoms with E-state index in [0.717, 1.165) is 50.0 Å². The fourth-order valence-electron chi connectivity index (χ4n) is 3.25. The minimum Gasteiger partial charge on any atom is -0.369 e. The van der Waals surface area contributed by atoms with Gasteiger partial charge in [0.2, 0.25) is 0 Å². The average Bonchev–Trinajstić information content (AvgIpc) is 2.82. The second-order valence-corrected chi connectivity index (χ2v) is 8.59. The van der Waals surface area contributed by atoms with Gasteiger partial charge in [-0.3, -0.25) is 14.4 Å². The largest absolute Gasteiger partial charge is 0.369 e. The van der Waals surface area contributed by atoms with E-state index >= 15 is 0 Å². The monoisotopic (exact) mass is 460 g/mol. The van der Waals surface area contributed by atoms with Crippen molar-refractivity contribution in [3.05, 3.63) is 29.3 Å². The molecule has 2 rings (SSSR count). The Morgan fingerprint density at radius 3 is 2.12 bits per heavy atom. The summed E-state index contributed by atoms with van der Waals surface area (Å²) in [5.41, 5.74) is 3.22. The SMILES string of the molecule is CC=O.CCC(=O)CCC(C)C(C)=O.CCC(C)C(=O)c1ccc(N2CCNCC2)cc1C. The third kappa shape index (κ3) is 11.9. The molecule has 1 fully saturated rings. The van der Waals surface area contributed by atoms with Crippen molar-refractivity contribution in [3.63, 3.8) is 0 Å². The third-order valence-electron chi connectivity index (χ3n) is 5.96. The van der Waals surface area contributed by atoms with Gasteiger partial charge in [0.05, 0.1) is 0 Å². The zero-order valence-electron chi connectivity index (χ0n) is 21.7. The molecule has 6 nitrogen and oxygen atoms in total. The molecule has 186 valence electrons. The number of aldehydes is 1. The maximum absolute atomic E-state index is 12.3. The summed E-state index contributed by atoms with van der Waals surface area (Å²) >= 11 is 0. The number of hydrogen-bond acceptors (Lipinski definition) is 6. The molecular weight excluding hydrogens is 416 g/mol. The fourth-order valence-corrected chi connectivity index (χ4v) is 3.25. The molecular formula is C27H44N2O4. The van der Waals surface area contributed by atoms with Crippen molar-refractivity contribution in [1.82, 2.24) is 5.32 Å². The second-order valence-electron chi connectivity index (χ2n) is 8.59. The van der Waals surface area contributed by atoms with Crippen LogP contribution in [0.4, 0.5) is 5.69 Å². The van der Waals surface area contributed by atoms with E-state index in [1.807, 2.05) is 33.8 Å². The Hall–Kier alpha value is -2.34. The molecule has 1 aromatic rings. The van der Waals surface area contributed by atoms with Crippen molar-refractivity contribution in [2.45, 2.75) is 74.1 Å². The van der Waals surface area contributed by atoms with Crippen LogP contribution in [0.1, 0.15) is 83.1 Å². The highest BCUT2D eigenvalue weighted by atomic mass is 16.1. The number of rotatable bonds is 9. The first-order valence-electron chi connectivity index (χ1n) is 12.1. The minimum absolute atomic E-state index is 0.0468. The molecule has 1 heterocycles. The normalized spacial score (nSPS) is 14.6. The van der Waals surface area contributed by atoms with E-state index in [4.69, 9.17) is 4.79 Å². The molecule has 2 unspecified atom stereocenters. The Morgan fingerprint density at radius 1 is 1.09 bits per heavy atom. The maximum atomic E-state index is 12.3. The van der Waals surface area contributed by atoms with Crippen molar-refractivity contribution in [3.8, 4) is 0 Å². The number of aryl methyl sites for hydroxylation is 1. The number of nitrogens with one attached hydrogen (secondary N) is 1. The van der Waals surface area contributed by atoms with E-state index in [1.165, 1.54) is 12.6 Å². The highest BCUT2D eigenvalue weighted by Crippen LogP contribution is 2.22. The van der Waals surface area contributed by atoms with Gasteiger partial charge in [-0.2, -0.15) is 0 Å². The molecule has 2 atom stereocenters.